The van der Waals surface area contributed by atoms with E-state index in [4.69, 9.17) is 47.4 Å². The summed E-state index contributed by atoms with van der Waals surface area (Å²) < 4.78 is 57.4. The zero-order valence-electron chi connectivity index (χ0n) is 36.2. The summed E-state index contributed by atoms with van der Waals surface area (Å²) in [6, 6.07) is 28.0. The quantitative estimate of drug-likeness (QED) is 0.157. The summed E-state index contributed by atoms with van der Waals surface area (Å²) in [6.07, 6.45) is 0. The number of aliphatic hydroxyl groups is 2. The van der Waals surface area contributed by atoms with Crippen molar-refractivity contribution in [2.24, 2.45) is 9.98 Å². The van der Waals surface area contributed by atoms with E-state index in [-0.39, 0.29) is 87.2 Å². The first-order valence-electron chi connectivity index (χ1n) is 21.5. The van der Waals surface area contributed by atoms with Crippen LogP contribution in [0, 0.1) is 0 Å². The van der Waals surface area contributed by atoms with Crippen LogP contribution in [0.3, 0.4) is 0 Å². The average Bonchev–Trinajstić information content (AvgIpc) is 3.34. The molecule has 4 N–H and O–H groups in total. The molecule has 0 saturated heterocycles. The lowest BCUT2D eigenvalue weighted by Crippen LogP contribution is -2.35. The van der Waals surface area contributed by atoms with Gasteiger partial charge < -0.3 is 68.2 Å². The van der Waals surface area contributed by atoms with Crippen LogP contribution in [0.4, 0.5) is 22.7 Å². The average molecular weight is 909 g/mol. The molecule has 0 unspecified atom stereocenters. The lowest BCUT2D eigenvalue weighted by Gasteiger charge is -2.22. The number of anilines is 2. The largest absolute Gasteiger partial charge is 0.504 e. The molecule has 4 heterocycles. The maximum absolute atomic E-state index is 13.1. The van der Waals surface area contributed by atoms with Crippen LogP contribution in [0.15, 0.2) is 130 Å². The van der Waals surface area contributed by atoms with Gasteiger partial charge in [0.05, 0.1) is 90.7 Å². The second-order valence-corrected chi connectivity index (χ2v) is 14.3. The van der Waals surface area contributed by atoms with E-state index in [1.165, 1.54) is 0 Å². The molecule has 0 atom stereocenters. The Morgan fingerprint density at radius 2 is 0.636 bits per heavy atom. The van der Waals surface area contributed by atoms with Crippen LogP contribution < -0.4 is 29.6 Å². The van der Waals surface area contributed by atoms with Crippen molar-refractivity contribution < 1.29 is 67.2 Å². The van der Waals surface area contributed by atoms with Crippen LogP contribution in [0.25, 0.3) is 0 Å². The molecule has 4 aromatic rings. The van der Waals surface area contributed by atoms with Crippen LogP contribution in [0.2, 0.25) is 0 Å². The number of para-hydroxylation sites is 8. The minimum atomic E-state index is -0.459. The molecule has 2 aliphatic carbocycles. The molecule has 0 fully saturated rings. The third kappa shape index (κ3) is 13.2. The summed E-state index contributed by atoms with van der Waals surface area (Å²) in [7, 11) is 0. The van der Waals surface area contributed by atoms with Crippen molar-refractivity contribution in [2.45, 2.75) is 0 Å². The van der Waals surface area contributed by atoms with Crippen molar-refractivity contribution in [3.63, 3.8) is 0 Å². The van der Waals surface area contributed by atoms with E-state index in [0.717, 1.165) is 0 Å². The van der Waals surface area contributed by atoms with E-state index in [1.807, 2.05) is 0 Å². The van der Waals surface area contributed by atoms with Gasteiger partial charge >= 0.3 is 0 Å². The van der Waals surface area contributed by atoms with E-state index < -0.39 is 11.6 Å². The third-order valence-corrected chi connectivity index (χ3v) is 9.72. The summed E-state index contributed by atoms with van der Waals surface area (Å²) in [5.74, 6) is 0.319. The van der Waals surface area contributed by atoms with E-state index in [2.05, 4.69) is 20.6 Å². The Bertz CT molecular complexity index is 2240. The van der Waals surface area contributed by atoms with E-state index in [9.17, 15) is 19.8 Å². The minimum absolute atomic E-state index is 0.000378. The molecule has 6 aliphatic rings. The fraction of sp³-hybridized carbons (Fsp3) is 0.333. The number of hydrogen-bond donors (Lipinski definition) is 4. The standard InChI is InChI=1S/C48H52N4O14/c53-45-41-46(54)42(45)50-34-10-2-6-14-38(34)64-30-26-61-23-19-58-20-24-62-28-32-66-40-16-8-4-12-36(40)52-44-47(55)43(48(44)56)51-35-11-3-7-15-39(35)65-31-27-60-22-18-57-17-21-59-25-29-63-37-13-5-1-9-33(37)49-41/h1-16,49,51,53,55H,17-32H2. The number of ether oxygens (including phenoxy) is 10. The number of carbonyl (C=O) groups excluding carboxylic acids is 2. The Labute approximate surface area is 381 Å². The number of aliphatic imine (C=N–C) groups is 2. The second-order valence-electron chi connectivity index (χ2n) is 14.3. The predicted octanol–water partition coefficient (Wildman–Crippen LogP) is 6.09. The highest BCUT2D eigenvalue weighted by atomic mass is 16.6. The number of hydrogen-bond acceptors (Lipinski definition) is 18. The lowest BCUT2D eigenvalue weighted by atomic mass is 9.97. The van der Waals surface area contributed by atoms with Gasteiger partial charge in [-0.25, -0.2) is 9.98 Å². The highest BCUT2D eigenvalue weighted by Gasteiger charge is 2.38. The van der Waals surface area contributed by atoms with Crippen LogP contribution in [0.1, 0.15) is 0 Å². The molecule has 4 aliphatic heterocycles. The topological polar surface area (TPSA) is 216 Å². The Morgan fingerprint density at radius 3 is 0.970 bits per heavy atom. The molecule has 0 saturated carbocycles. The SMILES string of the molecule is O=C1C2=Nc3ccccc3OCCOCCOCCOCCOc3ccccc3N=C3C(=O)C(=C3O)Nc3ccccc3OCCOCCOCCOCCOc3ccccc3NC1=C2O. The first-order valence-corrected chi connectivity index (χ1v) is 21.5. The van der Waals surface area contributed by atoms with Crippen LogP contribution in [0.5, 0.6) is 23.0 Å². The Kier molecular flexibility index (Phi) is 17.9. The number of ketones is 2. The number of rotatable bonds is 0. The Balaban J connectivity index is 0.918. The molecule has 0 aromatic heterocycles. The summed E-state index contributed by atoms with van der Waals surface area (Å²) in [5, 5.41) is 27.6. The second kappa shape index (κ2) is 25.0. The Morgan fingerprint density at radius 1 is 0.364 bits per heavy atom. The van der Waals surface area contributed by atoms with Gasteiger partial charge in [-0.05, 0) is 48.5 Å². The van der Waals surface area contributed by atoms with Gasteiger partial charge in [0.15, 0.2) is 22.9 Å². The highest BCUT2D eigenvalue weighted by molar-refractivity contribution is 6.59. The molecule has 0 spiro atoms. The van der Waals surface area contributed by atoms with Gasteiger partial charge in [0.1, 0.15) is 72.2 Å². The minimum Gasteiger partial charge on any atom is -0.504 e. The number of benzene rings is 4. The zero-order chi connectivity index (χ0) is 45.8. The van der Waals surface area contributed by atoms with Crippen molar-refractivity contribution in [2.75, 3.05) is 116 Å². The first kappa shape index (κ1) is 47.2. The van der Waals surface area contributed by atoms with Gasteiger partial charge in [0.25, 0.3) is 0 Å². The summed E-state index contributed by atoms with van der Waals surface area (Å²) in [5.41, 5.74) is 1.55. The molecule has 66 heavy (non-hydrogen) atoms. The molecule has 348 valence electrons. The zero-order valence-corrected chi connectivity index (χ0v) is 36.2. The van der Waals surface area contributed by atoms with Gasteiger partial charge in [-0.1, -0.05) is 48.5 Å². The lowest BCUT2D eigenvalue weighted by molar-refractivity contribution is -0.111. The van der Waals surface area contributed by atoms with Gasteiger partial charge in [-0.15, -0.1) is 0 Å². The summed E-state index contributed by atoms with van der Waals surface area (Å²) in [6.45, 7) is 4.73. The number of aliphatic hydroxyl groups excluding tert-OH is 2. The van der Waals surface area contributed by atoms with Crippen molar-refractivity contribution in [3.05, 3.63) is 120 Å². The summed E-state index contributed by atoms with van der Waals surface area (Å²) >= 11 is 0. The number of nitrogens with zero attached hydrogens (tertiary/aromatic N) is 2. The predicted molar refractivity (Wildman–Crippen MR) is 243 cm³/mol. The molecular formula is C48H52N4O14. The van der Waals surface area contributed by atoms with E-state index in [1.54, 1.807) is 97.1 Å². The Hall–Kier alpha value is -6.80. The van der Waals surface area contributed by atoms with Crippen molar-refractivity contribution in [1.29, 1.82) is 0 Å². The number of allylic oxidation sites excluding steroid dienone is 4. The van der Waals surface area contributed by atoms with Crippen LogP contribution >= 0.6 is 0 Å². The monoisotopic (exact) mass is 908 g/mol. The third-order valence-electron chi connectivity index (χ3n) is 9.72. The molecular weight excluding hydrogens is 857 g/mol. The first-order chi connectivity index (χ1) is 32.5. The van der Waals surface area contributed by atoms with Gasteiger partial charge in [-0.3, -0.25) is 9.59 Å². The molecule has 4 aromatic carbocycles. The van der Waals surface area contributed by atoms with Gasteiger partial charge in [0, 0.05) is 0 Å². The summed E-state index contributed by atoms with van der Waals surface area (Å²) in [4.78, 5) is 35.1. The smallest absolute Gasteiger partial charge is 0.235 e. The number of nitrogens with one attached hydrogen (secondary N) is 2. The number of Topliss-reactive ketones (excluding diaryl/α,β-unsaturated/α-hetero) is 2. The molecule has 4 bridgehead atoms. The maximum Gasteiger partial charge on any atom is 0.235 e. The van der Waals surface area contributed by atoms with Crippen molar-refractivity contribution >= 4 is 45.7 Å². The van der Waals surface area contributed by atoms with Crippen LogP contribution in [-0.2, 0) is 38.0 Å². The highest BCUT2D eigenvalue weighted by Crippen LogP contribution is 2.35. The van der Waals surface area contributed by atoms with Gasteiger partial charge in [0.2, 0.25) is 11.6 Å². The maximum atomic E-state index is 13.1. The van der Waals surface area contributed by atoms with E-state index >= 15 is 0 Å². The molecule has 0 amide bonds. The van der Waals surface area contributed by atoms with Gasteiger partial charge in [-0.2, -0.15) is 0 Å². The van der Waals surface area contributed by atoms with Crippen molar-refractivity contribution in [1.82, 2.24) is 0 Å². The fourth-order valence-corrected chi connectivity index (χ4v) is 6.39. The van der Waals surface area contributed by atoms with E-state index in [0.29, 0.717) is 98.6 Å². The molecule has 10 rings (SSSR count). The van der Waals surface area contributed by atoms with Crippen LogP contribution in [-0.4, -0.2) is 139 Å². The fourth-order valence-electron chi connectivity index (χ4n) is 6.39. The molecule has 0 radical (unpaired) electrons. The number of carbonyl (C=O) groups is 2. The van der Waals surface area contributed by atoms with Crippen molar-refractivity contribution in [3.8, 4) is 23.0 Å². The molecule has 18 nitrogen and oxygen atoms in total. The normalized spacial score (nSPS) is 18.5. The molecule has 18 heteroatoms.